The quantitative estimate of drug-likeness (QED) is 0.584. The highest BCUT2D eigenvalue weighted by atomic mass is 16.3. The molecule has 0 N–H and O–H groups in total. The highest BCUT2D eigenvalue weighted by Crippen LogP contribution is 2.07. The Bertz CT molecular complexity index is 165. The first-order chi connectivity index (χ1) is 4.84. The van der Waals surface area contributed by atoms with Gasteiger partial charge in [0.15, 0.2) is 0 Å². The second-order valence-electron chi connectivity index (χ2n) is 1.86. The average molecular weight is 140 g/mol. The summed E-state index contributed by atoms with van der Waals surface area (Å²) in [5.74, 6) is 1.05. The lowest BCUT2D eigenvalue weighted by Gasteiger charge is -1.86. The summed E-state index contributed by atoms with van der Waals surface area (Å²) < 4.78 is 5.06. The van der Waals surface area contributed by atoms with E-state index in [2.05, 4.69) is 6.92 Å². The normalized spacial score (nSPS) is 8.40. The monoisotopic (exact) mass is 140 g/mol. The first-order valence-electron chi connectivity index (χ1n) is 3.87. The molecule has 0 amide bonds. The third-order valence-electron chi connectivity index (χ3n) is 1.35. The van der Waals surface area contributed by atoms with Crippen LogP contribution in [0.5, 0.6) is 0 Å². The van der Waals surface area contributed by atoms with Gasteiger partial charge in [0.05, 0.1) is 6.26 Å². The van der Waals surface area contributed by atoms with Gasteiger partial charge in [-0.15, -0.1) is 0 Å². The van der Waals surface area contributed by atoms with Crippen molar-refractivity contribution in [2.24, 2.45) is 0 Å². The molecule has 0 fully saturated rings. The fraction of sp³-hybridized carbons (Fsp3) is 0.556. The fourth-order valence-electron chi connectivity index (χ4n) is 0.778. The van der Waals surface area contributed by atoms with Crippen LogP contribution in [0.1, 0.15) is 32.1 Å². The van der Waals surface area contributed by atoms with Gasteiger partial charge in [0.1, 0.15) is 5.76 Å². The van der Waals surface area contributed by atoms with Crippen LogP contribution in [0, 0.1) is 6.92 Å². The molecule has 0 atom stereocenters. The molecule has 10 heavy (non-hydrogen) atoms. The van der Waals surface area contributed by atoms with Gasteiger partial charge in [0.2, 0.25) is 0 Å². The second-order valence-corrected chi connectivity index (χ2v) is 1.86. The van der Waals surface area contributed by atoms with Crippen LogP contribution in [-0.2, 0) is 6.42 Å². The third kappa shape index (κ3) is 2.26. The number of rotatable bonds is 1. The molecule has 1 rings (SSSR count). The van der Waals surface area contributed by atoms with Crippen molar-refractivity contribution in [3.63, 3.8) is 0 Å². The Morgan fingerprint density at radius 1 is 1.40 bits per heavy atom. The predicted octanol–water partition coefficient (Wildman–Crippen LogP) is 3.18. The molecule has 1 aromatic rings. The maximum atomic E-state index is 5.06. The third-order valence-corrected chi connectivity index (χ3v) is 1.35. The summed E-state index contributed by atoms with van der Waals surface area (Å²) in [5, 5.41) is 0. The van der Waals surface area contributed by atoms with Gasteiger partial charge in [-0.05, 0) is 25.0 Å². The molecule has 0 aliphatic heterocycles. The van der Waals surface area contributed by atoms with E-state index in [1.54, 1.807) is 6.26 Å². The maximum absolute atomic E-state index is 5.06. The van der Waals surface area contributed by atoms with E-state index < -0.39 is 0 Å². The highest BCUT2D eigenvalue weighted by molar-refractivity contribution is 5.14. The Balaban J connectivity index is 0.000000371. The summed E-state index contributed by atoms with van der Waals surface area (Å²) in [4.78, 5) is 0. The second kappa shape index (κ2) is 5.10. The molecule has 0 bridgehead atoms. The zero-order valence-electron chi connectivity index (χ0n) is 7.27. The Morgan fingerprint density at radius 3 is 2.20 bits per heavy atom. The molecule has 0 unspecified atom stereocenters. The first kappa shape index (κ1) is 9.28. The molecule has 0 radical (unpaired) electrons. The van der Waals surface area contributed by atoms with Crippen LogP contribution < -0.4 is 0 Å². The van der Waals surface area contributed by atoms with Crippen LogP contribution in [0.4, 0.5) is 0 Å². The Hall–Kier alpha value is -0.720. The van der Waals surface area contributed by atoms with Gasteiger partial charge in [0, 0.05) is 0 Å². The van der Waals surface area contributed by atoms with Crippen molar-refractivity contribution in [1.82, 2.24) is 0 Å². The van der Waals surface area contributed by atoms with Crippen LogP contribution >= 0.6 is 0 Å². The standard InChI is InChI=1S/C7H10O.C2H6/c1-3-7-4-5-8-6(7)2;1-2/h4-5H,3H2,1-2H3;1-2H3. The zero-order valence-corrected chi connectivity index (χ0v) is 7.27. The molecule has 0 spiro atoms. The first-order valence-corrected chi connectivity index (χ1v) is 3.87. The van der Waals surface area contributed by atoms with E-state index in [4.69, 9.17) is 4.42 Å². The minimum absolute atomic E-state index is 1.05. The molecule has 0 saturated heterocycles. The van der Waals surface area contributed by atoms with Crippen molar-refractivity contribution < 1.29 is 4.42 Å². The summed E-state index contributed by atoms with van der Waals surface area (Å²) in [6, 6.07) is 2.01. The van der Waals surface area contributed by atoms with E-state index in [1.165, 1.54) is 5.56 Å². The van der Waals surface area contributed by atoms with Crippen molar-refractivity contribution in [3.05, 3.63) is 23.7 Å². The largest absolute Gasteiger partial charge is 0.469 e. The summed E-state index contributed by atoms with van der Waals surface area (Å²) in [6.45, 7) is 8.11. The van der Waals surface area contributed by atoms with Crippen LogP contribution in [0.25, 0.3) is 0 Å². The van der Waals surface area contributed by atoms with Crippen molar-refractivity contribution in [2.45, 2.75) is 34.1 Å². The van der Waals surface area contributed by atoms with E-state index in [9.17, 15) is 0 Å². The van der Waals surface area contributed by atoms with Gasteiger partial charge in [0.25, 0.3) is 0 Å². The minimum Gasteiger partial charge on any atom is -0.469 e. The molecule has 58 valence electrons. The van der Waals surface area contributed by atoms with Crippen LogP contribution in [0.2, 0.25) is 0 Å². The lowest BCUT2D eigenvalue weighted by Crippen LogP contribution is -1.75. The fourth-order valence-corrected chi connectivity index (χ4v) is 0.778. The lowest BCUT2D eigenvalue weighted by molar-refractivity contribution is 0.530. The predicted molar refractivity (Wildman–Crippen MR) is 44.2 cm³/mol. The van der Waals surface area contributed by atoms with Crippen LogP contribution in [-0.4, -0.2) is 0 Å². The molecule has 0 saturated carbocycles. The molecule has 0 aromatic carbocycles. The summed E-state index contributed by atoms with van der Waals surface area (Å²) in [7, 11) is 0. The molecule has 0 aliphatic rings. The molecule has 1 heterocycles. The zero-order chi connectivity index (χ0) is 7.98. The number of furan rings is 1. The van der Waals surface area contributed by atoms with Crippen LogP contribution in [0.15, 0.2) is 16.7 Å². The summed E-state index contributed by atoms with van der Waals surface area (Å²) in [5.41, 5.74) is 1.31. The SMILES string of the molecule is CC.CCc1ccoc1C. The van der Waals surface area contributed by atoms with Crippen molar-refractivity contribution >= 4 is 0 Å². The molecular formula is C9H16O. The van der Waals surface area contributed by atoms with Crippen LogP contribution in [0.3, 0.4) is 0 Å². The molecule has 1 heteroatoms. The van der Waals surface area contributed by atoms with Gasteiger partial charge < -0.3 is 4.42 Å². The van der Waals surface area contributed by atoms with E-state index in [1.807, 2.05) is 26.8 Å². The topological polar surface area (TPSA) is 13.1 Å². The molecular weight excluding hydrogens is 124 g/mol. The Labute approximate surface area is 63.1 Å². The summed E-state index contributed by atoms with van der Waals surface area (Å²) >= 11 is 0. The Morgan fingerprint density at radius 2 is 2.00 bits per heavy atom. The maximum Gasteiger partial charge on any atom is 0.103 e. The summed E-state index contributed by atoms with van der Waals surface area (Å²) in [6.07, 6.45) is 2.80. The highest BCUT2D eigenvalue weighted by Gasteiger charge is 1.94. The smallest absolute Gasteiger partial charge is 0.103 e. The van der Waals surface area contributed by atoms with E-state index in [-0.39, 0.29) is 0 Å². The number of aryl methyl sites for hydroxylation is 2. The number of hydrogen-bond donors (Lipinski definition) is 0. The van der Waals surface area contributed by atoms with Crippen molar-refractivity contribution in [3.8, 4) is 0 Å². The van der Waals surface area contributed by atoms with E-state index in [0.717, 1.165) is 12.2 Å². The molecule has 1 aromatic heterocycles. The van der Waals surface area contributed by atoms with Gasteiger partial charge in [-0.2, -0.15) is 0 Å². The average Bonchev–Trinajstić information content (AvgIpc) is 2.39. The van der Waals surface area contributed by atoms with E-state index in [0.29, 0.717) is 0 Å². The minimum atomic E-state index is 1.05. The van der Waals surface area contributed by atoms with E-state index >= 15 is 0 Å². The van der Waals surface area contributed by atoms with Gasteiger partial charge in [-0.25, -0.2) is 0 Å². The van der Waals surface area contributed by atoms with Gasteiger partial charge in [-0.1, -0.05) is 20.8 Å². The van der Waals surface area contributed by atoms with Crippen molar-refractivity contribution in [1.29, 1.82) is 0 Å². The Kier molecular flexibility index (Phi) is 4.73. The van der Waals surface area contributed by atoms with Gasteiger partial charge in [-0.3, -0.25) is 0 Å². The lowest BCUT2D eigenvalue weighted by atomic mass is 10.2. The molecule has 1 nitrogen and oxygen atoms in total. The van der Waals surface area contributed by atoms with Crippen molar-refractivity contribution in [2.75, 3.05) is 0 Å². The van der Waals surface area contributed by atoms with Gasteiger partial charge >= 0.3 is 0 Å². The number of hydrogen-bond acceptors (Lipinski definition) is 1. The molecule has 0 aliphatic carbocycles.